The summed E-state index contributed by atoms with van der Waals surface area (Å²) in [4.78, 5) is 30.0. The van der Waals surface area contributed by atoms with Crippen LogP contribution in [0.5, 0.6) is 0 Å². The Hall–Kier alpha value is -2.78. The molecule has 158 valence electrons. The number of anilines is 1. The van der Waals surface area contributed by atoms with Gasteiger partial charge in [-0.2, -0.15) is 0 Å². The molecular weight excluding hydrogens is 400 g/mol. The first kappa shape index (κ1) is 20.5. The Bertz CT molecular complexity index is 949. The highest BCUT2D eigenvalue weighted by Gasteiger charge is 2.18. The second-order valence-corrected chi connectivity index (χ2v) is 8.17. The molecule has 0 spiro atoms. The molecule has 0 unspecified atom stereocenters. The minimum atomic E-state index is 0.00789. The third-order valence-electron chi connectivity index (χ3n) is 5.03. The summed E-state index contributed by atoms with van der Waals surface area (Å²) >= 11 is 1.50. The molecule has 1 N–H and O–H groups in total. The van der Waals surface area contributed by atoms with Crippen molar-refractivity contribution >= 4 is 23.2 Å². The highest BCUT2D eigenvalue weighted by atomic mass is 32.1. The lowest BCUT2D eigenvalue weighted by Crippen LogP contribution is -2.47. The van der Waals surface area contributed by atoms with Crippen LogP contribution >= 0.6 is 11.3 Å². The maximum atomic E-state index is 12.2. The van der Waals surface area contributed by atoms with E-state index in [4.69, 9.17) is 4.42 Å². The predicted octanol–water partition coefficient (Wildman–Crippen LogP) is 2.37. The van der Waals surface area contributed by atoms with Gasteiger partial charge < -0.3 is 14.6 Å². The van der Waals surface area contributed by atoms with Crippen molar-refractivity contribution in [2.75, 3.05) is 44.2 Å². The molecule has 4 rings (SSSR count). The van der Waals surface area contributed by atoms with E-state index in [1.54, 1.807) is 12.4 Å². The molecule has 0 bridgehead atoms. The Morgan fingerprint density at radius 2 is 2.00 bits per heavy atom. The minimum absolute atomic E-state index is 0.00789. The molecule has 3 aromatic heterocycles. The number of amides is 1. The highest BCUT2D eigenvalue weighted by molar-refractivity contribution is 7.13. The Morgan fingerprint density at radius 3 is 2.73 bits per heavy atom. The maximum Gasteiger partial charge on any atom is 0.226 e. The molecule has 0 aromatic carbocycles. The summed E-state index contributed by atoms with van der Waals surface area (Å²) in [6, 6.07) is 5.66. The maximum absolute atomic E-state index is 12.2. The monoisotopic (exact) mass is 426 g/mol. The van der Waals surface area contributed by atoms with Gasteiger partial charge in [0.15, 0.2) is 10.8 Å². The third kappa shape index (κ3) is 5.43. The number of nitrogens with one attached hydrogen (secondary N) is 1. The number of aromatic nitrogens is 3. The smallest absolute Gasteiger partial charge is 0.226 e. The number of rotatable bonds is 8. The van der Waals surface area contributed by atoms with Crippen LogP contribution in [-0.4, -0.2) is 65.0 Å². The Balaban J connectivity index is 1.13. The van der Waals surface area contributed by atoms with Crippen molar-refractivity contribution in [3.8, 4) is 10.8 Å². The normalized spacial score (nSPS) is 14.8. The van der Waals surface area contributed by atoms with Crippen LogP contribution < -0.4 is 10.2 Å². The van der Waals surface area contributed by atoms with E-state index >= 15 is 0 Å². The number of aryl methyl sites for hydroxylation is 1. The molecule has 1 fully saturated rings. The lowest BCUT2D eigenvalue weighted by atomic mass is 10.3. The fraction of sp³-hybridized carbons (Fsp3) is 0.429. The van der Waals surface area contributed by atoms with Gasteiger partial charge in [0.2, 0.25) is 11.9 Å². The summed E-state index contributed by atoms with van der Waals surface area (Å²) in [5.74, 6) is 2.42. The molecule has 30 heavy (non-hydrogen) atoms. The lowest BCUT2D eigenvalue weighted by Gasteiger charge is -2.34. The molecule has 9 heteroatoms. The van der Waals surface area contributed by atoms with Crippen LogP contribution in [0.15, 0.2) is 40.4 Å². The third-order valence-corrected chi connectivity index (χ3v) is 5.93. The largest absolute Gasteiger partial charge is 0.459 e. The summed E-state index contributed by atoms with van der Waals surface area (Å²) < 4.78 is 5.59. The standard InChI is InChI=1S/C21H26N6O2S/c1-16-4-5-18(29-16)20-25-17(15-30-20)14-19(28)22-8-3-9-26-10-12-27(13-11-26)21-23-6-2-7-24-21/h2,4-7,15H,3,8-14H2,1H3,(H,22,28). The van der Waals surface area contributed by atoms with Crippen LogP contribution in [0.2, 0.25) is 0 Å². The van der Waals surface area contributed by atoms with Gasteiger partial charge in [-0.3, -0.25) is 9.69 Å². The molecule has 1 aliphatic rings. The second-order valence-electron chi connectivity index (χ2n) is 7.31. The van der Waals surface area contributed by atoms with E-state index in [9.17, 15) is 4.79 Å². The zero-order valence-corrected chi connectivity index (χ0v) is 17.9. The summed E-state index contributed by atoms with van der Waals surface area (Å²) in [6.45, 7) is 7.39. The molecule has 1 saturated heterocycles. The van der Waals surface area contributed by atoms with Gasteiger partial charge in [-0.25, -0.2) is 15.0 Å². The van der Waals surface area contributed by atoms with Gasteiger partial charge in [0, 0.05) is 50.5 Å². The van der Waals surface area contributed by atoms with Crippen molar-refractivity contribution in [2.24, 2.45) is 0 Å². The van der Waals surface area contributed by atoms with Crippen molar-refractivity contribution in [3.63, 3.8) is 0 Å². The zero-order chi connectivity index (χ0) is 20.8. The molecular formula is C21H26N6O2S. The van der Waals surface area contributed by atoms with E-state index in [0.717, 1.165) is 67.3 Å². The van der Waals surface area contributed by atoms with Gasteiger partial charge in [-0.1, -0.05) is 0 Å². The lowest BCUT2D eigenvalue weighted by molar-refractivity contribution is -0.120. The number of thiazole rings is 1. The number of hydrogen-bond donors (Lipinski definition) is 1. The van der Waals surface area contributed by atoms with Gasteiger partial charge >= 0.3 is 0 Å². The van der Waals surface area contributed by atoms with Gasteiger partial charge in [0.05, 0.1) is 12.1 Å². The Kier molecular flexibility index (Phi) is 6.70. The molecule has 0 radical (unpaired) electrons. The van der Waals surface area contributed by atoms with Crippen LogP contribution in [-0.2, 0) is 11.2 Å². The van der Waals surface area contributed by atoms with Crippen molar-refractivity contribution < 1.29 is 9.21 Å². The van der Waals surface area contributed by atoms with Crippen LogP contribution in [0.1, 0.15) is 17.9 Å². The van der Waals surface area contributed by atoms with Crippen molar-refractivity contribution in [3.05, 3.63) is 47.4 Å². The fourth-order valence-electron chi connectivity index (χ4n) is 3.43. The Labute approximate surface area is 180 Å². The van der Waals surface area contributed by atoms with E-state index in [1.165, 1.54) is 11.3 Å². The topological polar surface area (TPSA) is 87.4 Å². The SMILES string of the molecule is Cc1ccc(-c2nc(CC(=O)NCCCN3CCN(c4ncccn4)CC3)cs2)o1. The molecule has 8 nitrogen and oxygen atoms in total. The summed E-state index contributed by atoms with van der Waals surface area (Å²) in [5, 5.41) is 5.73. The predicted molar refractivity (Wildman–Crippen MR) is 117 cm³/mol. The second kappa shape index (κ2) is 9.82. The summed E-state index contributed by atoms with van der Waals surface area (Å²) in [5.41, 5.74) is 0.779. The van der Waals surface area contributed by atoms with E-state index in [2.05, 4.69) is 30.1 Å². The number of furan rings is 1. The van der Waals surface area contributed by atoms with E-state index < -0.39 is 0 Å². The Morgan fingerprint density at radius 1 is 1.20 bits per heavy atom. The number of carbonyl (C=O) groups is 1. The van der Waals surface area contributed by atoms with Crippen LogP contribution in [0, 0.1) is 6.92 Å². The van der Waals surface area contributed by atoms with E-state index in [1.807, 2.05) is 30.5 Å². The first-order valence-electron chi connectivity index (χ1n) is 10.2. The van der Waals surface area contributed by atoms with Crippen molar-refractivity contribution in [1.29, 1.82) is 0 Å². The van der Waals surface area contributed by atoms with Crippen LogP contribution in [0.4, 0.5) is 5.95 Å². The average Bonchev–Trinajstić information content (AvgIpc) is 3.41. The molecule has 0 atom stereocenters. The quantitative estimate of drug-likeness (QED) is 0.553. The van der Waals surface area contributed by atoms with Crippen LogP contribution in [0.3, 0.4) is 0 Å². The number of piperazine rings is 1. The van der Waals surface area contributed by atoms with Crippen LogP contribution in [0.25, 0.3) is 10.8 Å². The van der Waals surface area contributed by atoms with Crippen molar-refractivity contribution in [2.45, 2.75) is 19.8 Å². The first-order valence-corrected chi connectivity index (χ1v) is 11.1. The number of carbonyl (C=O) groups excluding carboxylic acids is 1. The molecule has 1 aliphatic heterocycles. The van der Waals surface area contributed by atoms with E-state index in [-0.39, 0.29) is 5.91 Å². The fourth-order valence-corrected chi connectivity index (χ4v) is 4.21. The molecule has 0 saturated carbocycles. The van der Waals surface area contributed by atoms with Gasteiger partial charge in [-0.05, 0) is 38.1 Å². The van der Waals surface area contributed by atoms with Gasteiger partial charge in [0.1, 0.15) is 5.76 Å². The molecule has 1 amide bonds. The summed E-state index contributed by atoms with van der Waals surface area (Å²) in [6.07, 6.45) is 4.79. The highest BCUT2D eigenvalue weighted by Crippen LogP contribution is 2.25. The molecule has 4 heterocycles. The molecule has 3 aromatic rings. The van der Waals surface area contributed by atoms with Gasteiger partial charge in [-0.15, -0.1) is 11.3 Å². The summed E-state index contributed by atoms with van der Waals surface area (Å²) in [7, 11) is 0. The van der Waals surface area contributed by atoms with E-state index in [0.29, 0.717) is 13.0 Å². The van der Waals surface area contributed by atoms with Crippen molar-refractivity contribution in [1.82, 2.24) is 25.2 Å². The minimum Gasteiger partial charge on any atom is -0.459 e. The average molecular weight is 427 g/mol. The zero-order valence-electron chi connectivity index (χ0n) is 17.1. The number of hydrogen-bond acceptors (Lipinski definition) is 8. The number of nitrogens with zero attached hydrogens (tertiary/aromatic N) is 5. The molecule has 0 aliphatic carbocycles. The first-order chi connectivity index (χ1) is 14.7. The van der Waals surface area contributed by atoms with Gasteiger partial charge in [0.25, 0.3) is 0 Å².